The van der Waals surface area contributed by atoms with E-state index in [4.69, 9.17) is 10.7 Å². The summed E-state index contributed by atoms with van der Waals surface area (Å²) >= 11 is 0. The van der Waals surface area contributed by atoms with E-state index in [9.17, 15) is 0 Å². The van der Waals surface area contributed by atoms with E-state index >= 15 is 0 Å². The second-order valence-electron chi connectivity index (χ2n) is 7.28. The fourth-order valence-corrected chi connectivity index (χ4v) is 3.79. The van der Waals surface area contributed by atoms with E-state index in [1.54, 1.807) is 0 Å². The molecule has 130 valence electrons. The molecule has 3 aromatic rings. The molecular formula is C21H26N4. The second-order valence-corrected chi connectivity index (χ2v) is 7.28. The van der Waals surface area contributed by atoms with Gasteiger partial charge in [0.15, 0.2) is 0 Å². The number of hydrogen-bond donors (Lipinski definition) is 1. The summed E-state index contributed by atoms with van der Waals surface area (Å²) in [6.07, 6.45) is 5.90. The molecule has 0 radical (unpaired) electrons. The topological polar surface area (TPSA) is 46.6 Å². The van der Waals surface area contributed by atoms with Gasteiger partial charge in [0.25, 0.3) is 0 Å². The number of rotatable bonds is 3. The average Bonchev–Trinajstić information content (AvgIpc) is 2.95. The Kier molecular flexibility index (Phi) is 4.22. The highest BCUT2D eigenvalue weighted by Gasteiger charge is 2.22. The van der Waals surface area contributed by atoms with Crippen LogP contribution in [0.2, 0.25) is 0 Å². The van der Waals surface area contributed by atoms with Gasteiger partial charge >= 0.3 is 0 Å². The molecule has 0 amide bonds. The molecule has 4 nitrogen and oxygen atoms in total. The van der Waals surface area contributed by atoms with Crippen LogP contribution >= 0.6 is 0 Å². The molecule has 0 bridgehead atoms. The molecule has 25 heavy (non-hydrogen) atoms. The number of imidazole rings is 1. The zero-order valence-electron chi connectivity index (χ0n) is 15.1. The number of benzene rings is 1. The van der Waals surface area contributed by atoms with Gasteiger partial charge in [0.05, 0.1) is 11.4 Å². The van der Waals surface area contributed by atoms with Gasteiger partial charge in [-0.25, -0.2) is 4.98 Å². The van der Waals surface area contributed by atoms with Gasteiger partial charge in [-0.15, -0.1) is 0 Å². The van der Waals surface area contributed by atoms with Crippen LogP contribution in [-0.4, -0.2) is 26.9 Å². The van der Waals surface area contributed by atoms with Gasteiger partial charge in [0, 0.05) is 30.0 Å². The van der Waals surface area contributed by atoms with Gasteiger partial charge in [0.2, 0.25) is 0 Å². The van der Waals surface area contributed by atoms with Crippen LogP contribution in [0.15, 0.2) is 42.6 Å². The lowest BCUT2D eigenvalue weighted by Crippen LogP contribution is -2.37. The molecule has 3 heterocycles. The monoisotopic (exact) mass is 334 g/mol. The largest absolute Gasteiger partial charge is 0.398 e. The Balaban J connectivity index is 1.82. The predicted octanol–water partition coefficient (Wildman–Crippen LogP) is 4.27. The summed E-state index contributed by atoms with van der Waals surface area (Å²) in [5.74, 6) is 0. The highest BCUT2D eigenvalue weighted by atomic mass is 15.2. The number of nitrogens with zero attached hydrogens (tertiary/aromatic N) is 3. The maximum atomic E-state index is 6.06. The molecule has 0 aliphatic carbocycles. The second kappa shape index (κ2) is 6.52. The first kappa shape index (κ1) is 16.2. The summed E-state index contributed by atoms with van der Waals surface area (Å²) in [5.41, 5.74) is 12.5. The van der Waals surface area contributed by atoms with Crippen LogP contribution in [0.3, 0.4) is 0 Å². The molecule has 0 spiro atoms. The molecule has 1 aliphatic heterocycles. The average molecular weight is 334 g/mol. The Morgan fingerprint density at radius 1 is 1.12 bits per heavy atom. The number of hydrogen-bond acceptors (Lipinski definition) is 3. The number of aryl methyl sites for hydroxylation is 1. The van der Waals surface area contributed by atoms with Gasteiger partial charge in [-0.2, -0.15) is 0 Å². The van der Waals surface area contributed by atoms with Crippen molar-refractivity contribution in [3.8, 4) is 11.3 Å². The number of nitrogens with two attached hydrogens (primary N) is 1. The van der Waals surface area contributed by atoms with Crippen LogP contribution in [-0.2, 0) is 6.54 Å². The summed E-state index contributed by atoms with van der Waals surface area (Å²) < 4.78 is 2.17. The summed E-state index contributed by atoms with van der Waals surface area (Å²) in [7, 11) is 0. The molecule has 1 unspecified atom stereocenters. The van der Waals surface area contributed by atoms with Crippen molar-refractivity contribution in [1.82, 2.24) is 14.3 Å². The first-order chi connectivity index (χ1) is 12.1. The molecule has 2 aromatic heterocycles. The molecule has 1 aromatic carbocycles. The Labute approximate surface area is 149 Å². The highest BCUT2D eigenvalue weighted by Crippen LogP contribution is 2.28. The summed E-state index contributed by atoms with van der Waals surface area (Å²) in [4.78, 5) is 7.50. The maximum Gasteiger partial charge on any atom is 0.137 e. The Bertz CT molecular complexity index is 879. The molecule has 0 saturated carbocycles. The number of nitrogen functional groups attached to an aromatic ring is 1. The quantitative estimate of drug-likeness (QED) is 0.778. The zero-order valence-corrected chi connectivity index (χ0v) is 15.1. The smallest absolute Gasteiger partial charge is 0.137 e. The van der Waals surface area contributed by atoms with E-state index in [1.807, 2.05) is 18.3 Å². The third-order valence-electron chi connectivity index (χ3n) is 5.36. The van der Waals surface area contributed by atoms with Crippen molar-refractivity contribution < 1.29 is 0 Å². The molecule has 2 N–H and O–H groups in total. The Morgan fingerprint density at radius 2 is 1.92 bits per heavy atom. The van der Waals surface area contributed by atoms with Crippen LogP contribution in [0.4, 0.5) is 5.69 Å². The molecule has 4 rings (SSSR count). The third-order valence-corrected chi connectivity index (χ3v) is 5.36. The molecule has 1 atom stereocenters. The summed E-state index contributed by atoms with van der Waals surface area (Å²) in [6.45, 7) is 6.52. The Morgan fingerprint density at radius 3 is 2.68 bits per heavy atom. The molecule has 1 fully saturated rings. The van der Waals surface area contributed by atoms with E-state index in [2.05, 4.69) is 47.4 Å². The van der Waals surface area contributed by atoms with Crippen molar-refractivity contribution in [2.75, 3.05) is 12.3 Å². The third kappa shape index (κ3) is 3.14. The number of aromatic nitrogens is 2. The minimum Gasteiger partial charge on any atom is -0.398 e. The SMILES string of the molecule is Cc1ccc(-c2nc3ccc(N)cn3c2CN2CCCCC2C)cc1. The lowest BCUT2D eigenvalue weighted by molar-refractivity contribution is 0.151. The normalized spacial score (nSPS) is 18.7. The zero-order chi connectivity index (χ0) is 17.4. The van der Waals surface area contributed by atoms with Crippen molar-refractivity contribution in [3.63, 3.8) is 0 Å². The fraction of sp³-hybridized carbons (Fsp3) is 0.381. The minimum absolute atomic E-state index is 0.617. The first-order valence-electron chi connectivity index (χ1n) is 9.19. The fourth-order valence-electron chi connectivity index (χ4n) is 3.79. The van der Waals surface area contributed by atoms with Gasteiger partial charge in [-0.3, -0.25) is 4.90 Å². The van der Waals surface area contributed by atoms with E-state index < -0.39 is 0 Å². The van der Waals surface area contributed by atoms with Crippen molar-refractivity contribution in [3.05, 3.63) is 53.9 Å². The van der Waals surface area contributed by atoms with Gasteiger partial charge < -0.3 is 10.1 Å². The van der Waals surface area contributed by atoms with Crippen LogP contribution in [0.5, 0.6) is 0 Å². The predicted molar refractivity (Wildman–Crippen MR) is 104 cm³/mol. The van der Waals surface area contributed by atoms with Crippen LogP contribution in [0, 0.1) is 6.92 Å². The molecule has 4 heteroatoms. The number of piperidine rings is 1. The number of fused-ring (bicyclic) bond motifs is 1. The van der Waals surface area contributed by atoms with Crippen LogP contribution < -0.4 is 5.73 Å². The van der Waals surface area contributed by atoms with Crippen molar-refractivity contribution in [2.45, 2.75) is 45.7 Å². The molecule has 1 saturated heterocycles. The Hall–Kier alpha value is -2.33. The van der Waals surface area contributed by atoms with Crippen LogP contribution in [0.1, 0.15) is 37.4 Å². The van der Waals surface area contributed by atoms with E-state index in [1.165, 1.54) is 36.1 Å². The minimum atomic E-state index is 0.617. The van der Waals surface area contributed by atoms with Gasteiger partial charge in [-0.05, 0) is 45.4 Å². The van der Waals surface area contributed by atoms with Gasteiger partial charge in [-0.1, -0.05) is 36.2 Å². The number of pyridine rings is 1. The van der Waals surface area contributed by atoms with Crippen molar-refractivity contribution in [2.24, 2.45) is 0 Å². The molecular weight excluding hydrogens is 308 g/mol. The molecule has 1 aliphatic rings. The van der Waals surface area contributed by atoms with E-state index in [-0.39, 0.29) is 0 Å². The lowest BCUT2D eigenvalue weighted by atomic mass is 10.0. The van der Waals surface area contributed by atoms with Crippen molar-refractivity contribution >= 4 is 11.3 Å². The summed E-state index contributed by atoms with van der Waals surface area (Å²) in [6, 6.07) is 13.2. The van der Waals surface area contributed by atoms with E-state index in [0.29, 0.717) is 6.04 Å². The van der Waals surface area contributed by atoms with E-state index in [0.717, 1.165) is 30.1 Å². The number of anilines is 1. The van der Waals surface area contributed by atoms with Gasteiger partial charge in [0.1, 0.15) is 5.65 Å². The highest BCUT2D eigenvalue weighted by molar-refractivity contribution is 5.67. The standard InChI is InChI=1S/C21H26N4/c1-15-6-8-17(9-7-15)21-19(14-24-12-4-3-5-16(24)2)25-13-18(22)10-11-20(25)23-21/h6-11,13,16H,3-5,12,14,22H2,1-2H3. The first-order valence-corrected chi connectivity index (χ1v) is 9.19. The lowest BCUT2D eigenvalue weighted by Gasteiger charge is -2.33. The van der Waals surface area contributed by atoms with Crippen LogP contribution in [0.25, 0.3) is 16.9 Å². The number of likely N-dealkylation sites (tertiary alicyclic amines) is 1. The summed E-state index contributed by atoms with van der Waals surface area (Å²) in [5, 5.41) is 0. The van der Waals surface area contributed by atoms with Crippen molar-refractivity contribution in [1.29, 1.82) is 0 Å². The maximum absolute atomic E-state index is 6.06.